The number of hydrogen-bond donors (Lipinski definition) is 0. The van der Waals surface area contributed by atoms with Crippen molar-refractivity contribution in [3.63, 3.8) is 0 Å². The SMILES string of the molecule is CC(C)(C)OC(=O)N1CC=C(c2nc(COc3ccc(OC(F)(F)F)cc3)cs2)CC1. The Morgan fingerprint density at radius 3 is 2.42 bits per heavy atom. The predicted molar refractivity (Wildman–Crippen MR) is 110 cm³/mol. The molecular formula is C21H23F3N2O4S. The Kier molecular flexibility index (Phi) is 6.78. The van der Waals surface area contributed by atoms with E-state index in [0.717, 1.165) is 10.6 Å². The van der Waals surface area contributed by atoms with Crippen molar-refractivity contribution in [2.24, 2.45) is 0 Å². The van der Waals surface area contributed by atoms with E-state index in [2.05, 4.69) is 9.72 Å². The summed E-state index contributed by atoms with van der Waals surface area (Å²) in [5, 5.41) is 2.73. The number of ether oxygens (including phenoxy) is 3. The number of nitrogens with zero attached hydrogens (tertiary/aromatic N) is 2. The normalized spacial score (nSPS) is 14.8. The van der Waals surface area contributed by atoms with E-state index < -0.39 is 12.0 Å². The van der Waals surface area contributed by atoms with Gasteiger partial charge in [0.25, 0.3) is 0 Å². The van der Waals surface area contributed by atoms with Crippen LogP contribution >= 0.6 is 11.3 Å². The largest absolute Gasteiger partial charge is 0.573 e. The van der Waals surface area contributed by atoms with Crippen molar-refractivity contribution in [3.05, 3.63) is 46.4 Å². The number of carbonyl (C=O) groups is 1. The third kappa shape index (κ3) is 7.16. The lowest BCUT2D eigenvalue weighted by molar-refractivity contribution is -0.274. The van der Waals surface area contributed by atoms with Crippen molar-refractivity contribution < 1.29 is 32.2 Å². The van der Waals surface area contributed by atoms with E-state index in [9.17, 15) is 18.0 Å². The first-order chi connectivity index (χ1) is 14.5. The van der Waals surface area contributed by atoms with Crippen molar-refractivity contribution in [1.82, 2.24) is 9.88 Å². The first-order valence-corrected chi connectivity index (χ1v) is 10.5. The smallest absolute Gasteiger partial charge is 0.487 e. The van der Waals surface area contributed by atoms with Gasteiger partial charge >= 0.3 is 12.5 Å². The number of carbonyl (C=O) groups excluding carboxylic acids is 1. The van der Waals surface area contributed by atoms with Gasteiger partial charge in [0, 0.05) is 18.5 Å². The molecule has 1 aromatic carbocycles. The minimum Gasteiger partial charge on any atom is -0.487 e. The molecule has 0 radical (unpaired) electrons. The fourth-order valence-corrected chi connectivity index (χ4v) is 3.65. The first-order valence-electron chi connectivity index (χ1n) is 9.59. The zero-order chi connectivity index (χ0) is 22.6. The molecule has 0 bridgehead atoms. The Labute approximate surface area is 182 Å². The zero-order valence-corrected chi connectivity index (χ0v) is 18.2. The van der Waals surface area contributed by atoms with Gasteiger partial charge < -0.3 is 19.1 Å². The van der Waals surface area contributed by atoms with Crippen LogP contribution in [0.2, 0.25) is 0 Å². The summed E-state index contributed by atoms with van der Waals surface area (Å²) in [6.45, 7) is 6.70. The topological polar surface area (TPSA) is 60.9 Å². The second-order valence-electron chi connectivity index (χ2n) is 7.86. The van der Waals surface area contributed by atoms with E-state index in [1.807, 2.05) is 32.2 Å². The molecule has 0 unspecified atom stereocenters. The second kappa shape index (κ2) is 9.17. The van der Waals surface area contributed by atoms with Gasteiger partial charge in [0.1, 0.15) is 28.7 Å². The fraction of sp³-hybridized carbons (Fsp3) is 0.429. The lowest BCUT2D eigenvalue weighted by atomic mass is 10.1. The van der Waals surface area contributed by atoms with Gasteiger partial charge in [-0.15, -0.1) is 24.5 Å². The van der Waals surface area contributed by atoms with Crippen LogP contribution in [0, 0.1) is 0 Å². The number of rotatable bonds is 5. The van der Waals surface area contributed by atoms with E-state index in [1.165, 1.54) is 35.6 Å². The number of thiazole rings is 1. The van der Waals surface area contributed by atoms with Crippen LogP contribution in [0.5, 0.6) is 11.5 Å². The van der Waals surface area contributed by atoms with Gasteiger partial charge in [-0.3, -0.25) is 0 Å². The summed E-state index contributed by atoms with van der Waals surface area (Å²) in [4.78, 5) is 18.4. The van der Waals surface area contributed by atoms with Crippen LogP contribution in [0.1, 0.15) is 37.9 Å². The van der Waals surface area contributed by atoms with Gasteiger partial charge in [-0.05, 0) is 57.0 Å². The minimum absolute atomic E-state index is 0.188. The maximum absolute atomic E-state index is 12.2. The van der Waals surface area contributed by atoms with Crippen LogP contribution in [-0.2, 0) is 11.3 Å². The van der Waals surface area contributed by atoms with Crippen molar-refractivity contribution in [2.45, 2.75) is 45.8 Å². The Bertz CT molecular complexity index is 933. The van der Waals surface area contributed by atoms with E-state index in [1.54, 1.807) is 4.90 Å². The highest BCUT2D eigenvalue weighted by molar-refractivity contribution is 7.10. The van der Waals surface area contributed by atoms with Crippen LogP contribution in [-0.4, -0.2) is 41.0 Å². The van der Waals surface area contributed by atoms with Crippen LogP contribution < -0.4 is 9.47 Å². The Morgan fingerprint density at radius 1 is 1.16 bits per heavy atom. The van der Waals surface area contributed by atoms with E-state index >= 15 is 0 Å². The van der Waals surface area contributed by atoms with Crippen molar-refractivity contribution in [2.75, 3.05) is 13.1 Å². The van der Waals surface area contributed by atoms with Crippen molar-refractivity contribution in [1.29, 1.82) is 0 Å². The van der Waals surface area contributed by atoms with Gasteiger partial charge in [0.2, 0.25) is 0 Å². The highest BCUT2D eigenvalue weighted by atomic mass is 32.1. The maximum atomic E-state index is 12.2. The molecule has 0 N–H and O–H groups in total. The zero-order valence-electron chi connectivity index (χ0n) is 17.4. The summed E-state index contributed by atoms with van der Waals surface area (Å²) in [6, 6.07) is 5.20. The molecule has 1 aromatic heterocycles. The Morgan fingerprint density at radius 2 is 1.84 bits per heavy atom. The molecule has 0 atom stereocenters. The monoisotopic (exact) mass is 456 g/mol. The van der Waals surface area contributed by atoms with Gasteiger partial charge in [-0.25, -0.2) is 9.78 Å². The average Bonchev–Trinajstić information content (AvgIpc) is 3.14. The Balaban J connectivity index is 1.52. The average molecular weight is 456 g/mol. The molecule has 168 valence electrons. The third-order valence-electron chi connectivity index (χ3n) is 4.13. The summed E-state index contributed by atoms with van der Waals surface area (Å²) in [5.74, 6) is 0.106. The van der Waals surface area contributed by atoms with Crippen LogP contribution in [0.15, 0.2) is 35.7 Å². The molecular weight excluding hydrogens is 433 g/mol. The van der Waals surface area contributed by atoms with Crippen molar-refractivity contribution >= 4 is 23.0 Å². The summed E-state index contributed by atoms with van der Waals surface area (Å²) in [5.41, 5.74) is 1.24. The van der Waals surface area contributed by atoms with Crippen LogP contribution in [0.25, 0.3) is 5.57 Å². The summed E-state index contributed by atoms with van der Waals surface area (Å²) in [6.07, 6.45) is -2.41. The lowest BCUT2D eigenvalue weighted by Crippen LogP contribution is -2.39. The number of aromatic nitrogens is 1. The first kappa shape index (κ1) is 22.9. The molecule has 6 nitrogen and oxygen atoms in total. The number of benzene rings is 1. The maximum Gasteiger partial charge on any atom is 0.573 e. The fourth-order valence-electron chi connectivity index (χ4n) is 2.77. The Hall–Kier alpha value is -2.75. The van der Waals surface area contributed by atoms with Gasteiger partial charge in [-0.2, -0.15) is 0 Å². The molecule has 1 aliphatic rings. The standard InChI is InChI=1S/C21H23F3N2O4S/c1-20(2,3)30-19(27)26-10-8-14(9-11-26)18-25-15(13-31-18)12-28-16-4-6-17(7-5-16)29-21(22,23)24/h4-8,13H,9-12H2,1-3H3. The van der Waals surface area contributed by atoms with Crippen LogP contribution in [0.4, 0.5) is 18.0 Å². The summed E-state index contributed by atoms with van der Waals surface area (Å²) < 4.78 is 51.4. The van der Waals surface area contributed by atoms with E-state index in [-0.39, 0.29) is 18.4 Å². The summed E-state index contributed by atoms with van der Waals surface area (Å²) in [7, 11) is 0. The van der Waals surface area contributed by atoms with Gasteiger partial charge in [0.15, 0.2) is 0 Å². The lowest BCUT2D eigenvalue weighted by Gasteiger charge is -2.29. The molecule has 0 fully saturated rings. The second-order valence-corrected chi connectivity index (χ2v) is 8.72. The quantitative estimate of drug-likeness (QED) is 0.582. The van der Waals surface area contributed by atoms with Crippen LogP contribution in [0.3, 0.4) is 0 Å². The van der Waals surface area contributed by atoms with Gasteiger partial charge in [0.05, 0.1) is 5.69 Å². The van der Waals surface area contributed by atoms with Crippen molar-refractivity contribution in [3.8, 4) is 11.5 Å². The van der Waals surface area contributed by atoms with Gasteiger partial charge in [-0.1, -0.05) is 6.08 Å². The molecule has 0 saturated carbocycles. The van der Waals surface area contributed by atoms with E-state index in [0.29, 0.717) is 31.0 Å². The molecule has 10 heteroatoms. The number of halogens is 3. The number of amides is 1. The molecule has 0 saturated heterocycles. The molecule has 2 aromatic rings. The predicted octanol–water partition coefficient (Wildman–Crippen LogP) is 5.64. The molecule has 0 spiro atoms. The molecule has 2 heterocycles. The molecule has 1 aliphatic heterocycles. The number of hydrogen-bond acceptors (Lipinski definition) is 6. The third-order valence-corrected chi connectivity index (χ3v) is 5.10. The summed E-state index contributed by atoms with van der Waals surface area (Å²) >= 11 is 1.48. The highest BCUT2D eigenvalue weighted by Crippen LogP contribution is 2.28. The molecule has 1 amide bonds. The number of alkyl halides is 3. The van der Waals surface area contributed by atoms with E-state index in [4.69, 9.17) is 9.47 Å². The molecule has 31 heavy (non-hydrogen) atoms. The molecule has 3 rings (SSSR count). The minimum atomic E-state index is -4.73. The highest BCUT2D eigenvalue weighted by Gasteiger charge is 2.31. The molecule has 0 aliphatic carbocycles.